The van der Waals surface area contributed by atoms with Crippen molar-refractivity contribution in [3.05, 3.63) is 69.9 Å². The second-order valence-corrected chi connectivity index (χ2v) is 8.51. The first-order chi connectivity index (χ1) is 16.6. The number of Topliss-reactive ketones (excluding diaryl/α,β-unsaturated/α-hetero) is 1. The molecule has 1 unspecified atom stereocenters. The fourth-order valence-electron chi connectivity index (χ4n) is 2.83. The van der Waals surface area contributed by atoms with E-state index in [2.05, 4.69) is 43.0 Å². The van der Waals surface area contributed by atoms with Crippen LogP contribution in [0.1, 0.15) is 74.6 Å². The number of rotatable bonds is 10. The summed E-state index contributed by atoms with van der Waals surface area (Å²) in [5.41, 5.74) is 0.152. The molecule has 0 saturated carbocycles. The van der Waals surface area contributed by atoms with Crippen molar-refractivity contribution in [2.24, 2.45) is 5.92 Å². The van der Waals surface area contributed by atoms with Gasteiger partial charge in [-0.05, 0) is 37.8 Å². The fraction of sp³-hybridized carbons (Fsp3) is 0.444. The maximum atomic E-state index is 11.8. The van der Waals surface area contributed by atoms with Crippen LogP contribution in [0.2, 0.25) is 0 Å². The maximum absolute atomic E-state index is 11.8. The molecule has 0 aliphatic carbocycles. The van der Waals surface area contributed by atoms with Crippen LogP contribution < -0.4 is 15.7 Å². The van der Waals surface area contributed by atoms with Crippen molar-refractivity contribution in [3.8, 4) is 11.5 Å². The number of amides is 1. The van der Waals surface area contributed by atoms with Crippen LogP contribution in [0.15, 0.2) is 51.8 Å². The van der Waals surface area contributed by atoms with Crippen molar-refractivity contribution in [1.82, 2.24) is 5.32 Å². The van der Waals surface area contributed by atoms with Crippen LogP contribution in [0.25, 0.3) is 0 Å². The summed E-state index contributed by atoms with van der Waals surface area (Å²) in [5.74, 6) is 0.933. The quantitative estimate of drug-likeness (QED) is 0.412. The van der Waals surface area contributed by atoms with Crippen LogP contribution in [0.5, 0.6) is 11.5 Å². The Morgan fingerprint density at radius 3 is 2.37 bits per heavy atom. The molecule has 1 amide bonds. The molecule has 0 radical (unpaired) electrons. The Balaban J connectivity index is 0.000000427. The van der Waals surface area contributed by atoms with Crippen LogP contribution in [-0.2, 0) is 4.74 Å². The van der Waals surface area contributed by atoms with Gasteiger partial charge in [0.15, 0.2) is 5.78 Å². The Morgan fingerprint density at radius 2 is 1.83 bits per heavy atom. The summed E-state index contributed by atoms with van der Waals surface area (Å²) >= 11 is 0. The van der Waals surface area contributed by atoms with Crippen LogP contribution in [0.3, 0.4) is 0 Å². The number of ketones is 1. The Hall–Kier alpha value is -3.55. The fourth-order valence-corrected chi connectivity index (χ4v) is 2.83. The molecule has 0 aliphatic rings. The van der Waals surface area contributed by atoms with E-state index >= 15 is 0 Å². The summed E-state index contributed by atoms with van der Waals surface area (Å²) in [7, 11) is 1.27. The topological polar surface area (TPSA) is 115 Å². The van der Waals surface area contributed by atoms with Crippen molar-refractivity contribution in [2.75, 3.05) is 13.7 Å². The predicted molar refractivity (Wildman–Crippen MR) is 135 cm³/mol. The van der Waals surface area contributed by atoms with E-state index in [0.29, 0.717) is 24.5 Å². The number of aryl methyl sites for hydroxylation is 1. The smallest absolute Gasteiger partial charge is 0.410 e. The highest BCUT2D eigenvalue weighted by Crippen LogP contribution is 2.25. The largest absolute Gasteiger partial charge is 0.507 e. The van der Waals surface area contributed by atoms with Gasteiger partial charge >= 0.3 is 11.7 Å². The van der Waals surface area contributed by atoms with Gasteiger partial charge in [0.25, 0.3) is 0 Å². The van der Waals surface area contributed by atoms with E-state index in [1.54, 1.807) is 13.0 Å². The van der Waals surface area contributed by atoms with Crippen LogP contribution >= 0.6 is 0 Å². The third-order valence-electron chi connectivity index (χ3n) is 4.91. The number of ether oxygens (including phenoxy) is 2. The first-order valence-electron chi connectivity index (χ1n) is 11.7. The normalized spacial score (nSPS) is 11.5. The van der Waals surface area contributed by atoms with E-state index in [4.69, 9.17) is 9.15 Å². The summed E-state index contributed by atoms with van der Waals surface area (Å²) in [6.45, 7) is 10.6. The highest BCUT2D eigenvalue weighted by molar-refractivity contribution is 5.97. The van der Waals surface area contributed by atoms with E-state index in [1.165, 1.54) is 24.9 Å². The molecule has 2 N–H and O–H groups in total. The predicted octanol–water partition coefficient (Wildman–Crippen LogP) is 5.72. The van der Waals surface area contributed by atoms with Gasteiger partial charge in [-0.3, -0.25) is 10.1 Å². The molecule has 2 aromatic rings. The standard InChI is InChI=1S/C16H21NO6.C11H16O/c1-4-11(18)14-12(19)9-13(23-15(14)20)10(2)7-5-6-8-17-16(21)22-3;1-9(2)8-12-11-6-4-10(3)5-7-11/h6,8-10,19H,4-5,7H2,1-3H3,(H,17,21);4-7,9H,8H2,1-3H3/b8-6+;. The van der Waals surface area contributed by atoms with Gasteiger partial charge in [0.2, 0.25) is 0 Å². The molecule has 0 spiro atoms. The molecule has 2 rings (SSSR count). The lowest BCUT2D eigenvalue weighted by atomic mass is 10.0. The first-order valence-corrected chi connectivity index (χ1v) is 11.7. The van der Waals surface area contributed by atoms with Gasteiger partial charge in [0.1, 0.15) is 22.8 Å². The Labute approximate surface area is 207 Å². The molecule has 0 fully saturated rings. The number of hydrogen-bond acceptors (Lipinski definition) is 7. The van der Waals surface area contributed by atoms with Crippen LogP contribution in [0, 0.1) is 12.8 Å². The van der Waals surface area contributed by atoms with Crippen molar-refractivity contribution in [2.45, 2.75) is 59.8 Å². The second-order valence-electron chi connectivity index (χ2n) is 8.51. The van der Waals surface area contributed by atoms with Crippen LogP contribution in [0.4, 0.5) is 4.79 Å². The van der Waals surface area contributed by atoms with E-state index < -0.39 is 17.5 Å². The molecule has 192 valence electrons. The first kappa shape index (κ1) is 29.5. The summed E-state index contributed by atoms with van der Waals surface area (Å²) in [5, 5.41) is 12.3. The molecule has 0 bridgehead atoms. The van der Waals surface area contributed by atoms with Gasteiger partial charge in [0.05, 0.1) is 13.7 Å². The van der Waals surface area contributed by atoms with E-state index in [1.807, 2.05) is 19.1 Å². The number of allylic oxidation sites excluding steroid dienone is 1. The van der Waals surface area contributed by atoms with Gasteiger partial charge < -0.3 is 19.0 Å². The molecular weight excluding hydrogens is 450 g/mol. The third-order valence-corrected chi connectivity index (χ3v) is 4.91. The summed E-state index contributed by atoms with van der Waals surface area (Å²) in [6, 6.07) is 9.46. The van der Waals surface area contributed by atoms with Gasteiger partial charge in [-0.1, -0.05) is 51.5 Å². The van der Waals surface area contributed by atoms with Gasteiger partial charge in [-0.25, -0.2) is 9.59 Å². The van der Waals surface area contributed by atoms with Crippen molar-refractivity contribution >= 4 is 11.9 Å². The van der Waals surface area contributed by atoms with Gasteiger partial charge in [0, 0.05) is 24.6 Å². The SMILES string of the molecule is CCC(=O)c1c(O)cc(C(C)CC/C=C/NC(=O)OC)oc1=O.Cc1ccc(OCC(C)C)cc1. The molecule has 1 atom stereocenters. The molecule has 35 heavy (non-hydrogen) atoms. The minimum absolute atomic E-state index is 0.116. The molecule has 8 nitrogen and oxygen atoms in total. The lowest BCUT2D eigenvalue weighted by Crippen LogP contribution is -2.16. The summed E-state index contributed by atoms with van der Waals surface area (Å²) < 4.78 is 15.1. The van der Waals surface area contributed by atoms with Crippen molar-refractivity contribution < 1.29 is 28.6 Å². The summed E-state index contributed by atoms with van der Waals surface area (Å²) in [4.78, 5) is 34.2. The van der Waals surface area contributed by atoms with E-state index in [9.17, 15) is 19.5 Å². The Morgan fingerprint density at radius 1 is 1.17 bits per heavy atom. The average Bonchev–Trinajstić information content (AvgIpc) is 2.82. The van der Waals surface area contributed by atoms with Gasteiger partial charge in [-0.2, -0.15) is 0 Å². The molecule has 1 aromatic carbocycles. The monoisotopic (exact) mass is 487 g/mol. The second kappa shape index (κ2) is 15.4. The number of methoxy groups -OCH3 is 1. The minimum atomic E-state index is -0.818. The summed E-state index contributed by atoms with van der Waals surface area (Å²) in [6.07, 6.45) is 4.01. The lowest BCUT2D eigenvalue weighted by molar-refractivity contribution is 0.0980. The Bertz CT molecular complexity index is 1020. The molecular formula is C27H37NO7. The minimum Gasteiger partial charge on any atom is -0.507 e. The molecule has 1 aromatic heterocycles. The highest BCUT2D eigenvalue weighted by atomic mass is 16.5. The Kier molecular flexibility index (Phi) is 12.9. The number of benzene rings is 1. The number of hydrogen-bond donors (Lipinski definition) is 2. The number of nitrogens with one attached hydrogen (secondary N) is 1. The number of carbonyl (C=O) groups excluding carboxylic acids is 2. The highest BCUT2D eigenvalue weighted by Gasteiger charge is 2.19. The van der Waals surface area contributed by atoms with E-state index in [-0.39, 0.29) is 23.7 Å². The average molecular weight is 488 g/mol. The van der Waals surface area contributed by atoms with E-state index in [0.717, 1.165) is 12.4 Å². The lowest BCUT2D eigenvalue weighted by Gasteiger charge is -2.10. The third kappa shape index (κ3) is 10.9. The number of aromatic hydroxyl groups is 1. The molecule has 8 heteroatoms. The maximum Gasteiger partial charge on any atom is 0.410 e. The molecule has 0 aliphatic heterocycles. The zero-order valence-corrected chi connectivity index (χ0v) is 21.4. The van der Waals surface area contributed by atoms with Crippen molar-refractivity contribution in [3.63, 3.8) is 0 Å². The van der Waals surface area contributed by atoms with Crippen LogP contribution in [-0.4, -0.2) is 30.7 Å². The van der Waals surface area contributed by atoms with Crippen molar-refractivity contribution in [1.29, 1.82) is 0 Å². The number of carbonyl (C=O) groups is 2. The zero-order valence-electron chi connectivity index (χ0n) is 21.4. The molecule has 0 saturated heterocycles. The van der Waals surface area contributed by atoms with Gasteiger partial charge in [-0.15, -0.1) is 0 Å². The molecule has 1 heterocycles. The number of alkyl carbamates (subject to hydrolysis) is 1. The zero-order chi connectivity index (χ0) is 26.4.